The van der Waals surface area contributed by atoms with Gasteiger partial charge in [0.25, 0.3) is 0 Å². The average molecular weight is 419 g/mol. The highest BCUT2D eigenvalue weighted by Crippen LogP contribution is 2.30. The molecule has 1 saturated heterocycles. The van der Waals surface area contributed by atoms with E-state index in [1.54, 1.807) is 12.1 Å². The molecule has 7 heteroatoms. The van der Waals surface area contributed by atoms with Gasteiger partial charge in [-0.05, 0) is 55.2 Å². The summed E-state index contributed by atoms with van der Waals surface area (Å²) in [5.41, 5.74) is 2.88. The fourth-order valence-electron chi connectivity index (χ4n) is 3.49. The number of sulfonamides is 1. The Bertz CT molecular complexity index is 920. The smallest absolute Gasteiger partial charge is 0.247 e. The SMILES string of the molecule is COc1ccc(C)cc1S(=O)(=O)N(Cc1ccc(N(C)C)cc1)C[C@@H]1CCCO1. The van der Waals surface area contributed by atoms with Crippen LogP contribution in [0.25, 0.3) is 0 Å². The third-order valence-electron chi connectivity index (χ3n) is 5.18. The van der Waals surface area contributed by atoms with Gasteiger partial charge in [0, 0.05) is 39.5 Å². The second-order valence-corrected chi connectivity index (χ2v) is 9.55. The fraction of sp³-hybridized carbons (Fsp3) is 0.455. The van der Waals surface area contributed by atoms with E-state index < -0.39 is 10.0 Å². The van der Waals surface area contributed by atoms with Gasteiger partial charge < -0.3 is 14.4 Å². The number of anilines is 1. The van der Waals surface area contributed by atoms with Gasteiger partial charge in [0.2, 0.25) is 10.0 Å². The largest absolute Gasteiger partial charge is 0.495 e. The molecule has 6 nitrogen and oxygen atoms in total. The van der Waals surface area contributed by atoms with Gasteiger partial charge in [0.1, 0.15) is 10.6 Å². The Labute approximate surface area is 174 Å². The van der Waals surface area contributed by atoms with Crippen LogP contribution in [0.5, 0.6) is 5.75 Å². The number of ether oxygens (including phenoxy) is 2. The minimum absolute atomic E-state index is 0.0818. The van der Waals surface area contributed by atoms with E-state index in [1.165, 1.54) is 11.4 Å². The molecule has 0 N–H and O–H groups in total. The molecule has 0 unspecified atom stereocenters. The van der Waals surface area contributed by atoms with Crippen molar-refractivity contribution >= 4 is 15.7 Å². The Morgan fingerprint density at radius 2 is 1.86 bits per heavy atom. The maximum absolute atomic E-state index is 13.6. The predicted molar refractivity (Wildman–Crippen MR) is 115 cm³/mol. The first-order valence-electron chi connectivity index (χ1n) is 9.84. The Hall–Kier alpha value is -2.09. The molecular formula is C22H30N2O4S. The highest BCUT2D eigenvalue weighted by molar-refractivity contribution is 7.89. The minimum Gasteiger partial charge on any atom is -0.495 e. The summed E-state index contributed by atoms with van der Waals surface area (Å²) in [6, 6.07) is 13.2. The van der Waals surface area contributed by atoms with Crippen LogP contribution in [0.1, 0.15) is 24.0 Å². The van der Waals surface area contributed by atoms with Crippen molar-refractivity contribution in [2.45, 2.75) is 37.3 Å². The molecule has 0 radical (unpaired) electrons. The molecule has 1 aliphatic rings. The number of hydrogen-bond acceptors (Lipinski definition) is 5. The zero-order valence-electron chi connectivity index (χ0n) is 17.6. The maximum Gasteiger partial charge on any atom is 0.247 e. The number of benzene rings is 2. The van der Waals surface area contributed by atoms with Gasteiger partial charge in [-0.2, -0.15) is 4.31 Å². The Balaban J connectivity index is 1.94. The molecule has 1 heterocycles. The van der Waals surface area contributed by atoms with Crippen molar-refractivity contribution in [3.05, 3.63) is 53.6 Å². The van der Waals surface area contributed by atoms with E-state index >= 15 is 0 Å². The standard InChI is InChI=1S/C22H30N2O4S/c1-17-7-12-21(27-4)22(14-17)29(25,26)24(16-20-6-5-13-28-20)15-18-8-10-19(11-9-18)23(2)3/h7-12,14,20H,5-6,13,15-16H2,1-4H3/t20-/m0/s1. The van der Waals surface area contributed by atoms with Crippen LogP contribution >= 0.6 is 0 Å². The molecule has 0 aliphatic carbocycles. The van der Waals surface area contributed by atoms with Crippen molar-refractivity contribution in [2.24, 2.45) is 0 Å². The van der Waals surface area contributed by atoms with Crippen LogP contribution in [0.2, 0.25) is 0 Å². The van der Waals surface area contributed by atoms with Gasteiger partial charge in [-0.25, -0.2) is 8.42 Å². The molecule has 2 aromatic rings. The van der Waals surface area contributed by atoms with Crippen LogP contribution in [0.3, 0.4) is 0 Å². The average Bonchev–Trinajstić information content (AvgIpc) is 3.21. The molecule has 2 aromatic carbocycles. The summed E-state index contributed by atoms with van der Waals surface area (Å²) in [6.45, 7) is 3.18. The van der Waals surface area contributed by atoms with Gasteiger partial charge in [-0.1, -0.05) is 18.2 Å². The second-order valence-electron chi connectivity index (χ2n) is 7.65. The van der Waals surface area contributed by atoms with Crippen LogP contribution in [-0.2, 0) is 21.3 Å². The zero-order chi connectivity index (χ0) is 21.0. The highest BCUT2D eigenvalue weighted by atomic mass is 32.2. The van der Waals surface area contributed by atoms with Crippen molar-refractivity contribution in [3.63, 3.8) is 0 Å². The summed E-state index contributed by atoms with van der Waals surface area (Å²) in [6.07, 6.45) is 1.75. The molecule has 1 atom stereocenters. The highest BCUT2D eigenvalue weighted by Gasteiger charge is 2.31. The first-order valence-corrected chi connectivity index (χ1v) is 11.3. The molecule has 1 fully saturated rings. The summed E-state index contributed by atoms with van der Waals surface area (Å²) in [4.78, 5) is 2.21. The van der Waals surface area contributed by atoms with E-state index in [4.69, 9.17) is 9.47 Å². The van der Waals surface area contributed by atoms with Crippen LogP contribution in [0.15, 0.2) is 47.4 Å². The maximum atomic E-state index is 13.6. The normalized spacial score (nSPS) is 16.9. The predicted octanol–water partition coefficient (Wildman–Crippen LogP) is 3.44. The number of nitrogens with zero attached hydrogens (tertiary/aromatic N) is 2. The van der Waals surface area contributed by atoms with E-state index in [0.29, 0.717) is 18.9 Å². The lowest BCUT2D eigenvalue weighted by molar-refractivity contribution is 0.0925. The Morgan fingerprint density at radius 1 is 1.14 bits per heavy atom. The quantitative estimate of drug-likeness (QED) is 0.657. The van der Waals surface area contributed by atoms with Gasteiger partial charge in [0.15, 0.2) is 0 Å². The Morgan fingerprint density at radius 3 is 2.45 bits per heavy atom. The molecule has 0 amide bonds. The van der Waals surface area contributed by atoms with Crippen LogP contribution in [0, 0.1) is 6.92 Å². The van der Waals surface area contributed by atoms with Crippen molar-refractivity contribution in [2.75, 3.05) is 39.3 Å². The number of methoxy groups -OCH3 is 1. The lowest BCUT2D eigenvalue weighted by atomic mass is 10.2. The van der Waals surface area contributed by atoms with Crippen LogP contribution in [-0.4, -0.2) is 53.2 Å². The third kappa shape index (κ3) is 5.10. The molecule has 29 heavy (non-hydrogen) atoms. The summed E-state index contributed by atoms with van der Waals surface area (Å²) < 4.78 is 39.8. The van der Waals surface area contributed by atoms with Gasteiger partial charge in [0.05, 0.1) is 13.2 Å². The van der Waals surface area contributed by atoms with Crippen molar-refractivity contribution in [3.8, 4) is 5.75 Å². The topological polar surface area (TPSA) is 59.1 Å². The lowest BCUT2D eigenvalue weighted by Crippen LogP contribution is -2.37. The lowest BCUT2D eigenvalue weighted by Gasteiger charge is -2.26. The van der Waals surface area contributed by atoms with Gasteiger partial charge in [-0.15, -0.1) is 0 Å². The van der Waals surface area contributed by atoms with Crippen molar-refractivity contribution in [1.82, 2.24) is 4.31 Å². The van der Waals surface area contributed by atoms with E-state index in [-0.39, 0.29) is 17.5 Å². The molecule has 0 bridgehead atoms. The summed E-state index contributed by atoms with van der Waals surface area (Å²) in [5, 5.41) is 0. The molecular weight excluding hydrogens is 388 g/mol. The first-order chi connectivity index (χ1) is 13.8. The second kappa shape index (κ2) is 9.15. The zero-order valence-corrected chi connectivity index (χ0v) is 18.4. The summed E-state index contributed by atoms with van der Waals surface area (Å²) >= 11 is 0. The Kier molecular flexibility index (Phi) is 6.82. The van der Waals surface area contributed by atoms with Crippen molar-refractivity contribution < 1.29 is 17.9 Å². The molecule has 1 aliphatic heterocycles. The number of hydrogen-bond donors (Lipinski definition) is 0. The van der Waals surface area contributed by atoms with Crippen molar-refractivity contribution in [1.29, 1.82) is 0 Å². The van der Waals surface area contributed by atoms with Gasteiger partial charge in [-0.3, -0.25) is 0 Å². The van der Waals surface area contributed by atoms with E-state index in [0.717, 1.165) is 29.7 Å². The third-order valence-corrected chi connectivity index (χ3v) is 7.01. The molecule has 158 valence electrons. The van der Waals surface area contributed by atoms with E-state index in [9.17, 15) is 8.42 Å². The molecule has 3 rings (SSSR count). The van der Waals surface area contributed by atoms with Crippen LogP contribution < -0.4 is 9.64 Å². The fourth-order valence-corrected chi connectivity index (χ4v) is 5.19. The molecule has 0 spiro atoms. The summed E-state index contributed by atoms with van der Waals surface area (Å²) in [5.74, 6) is 0.357. The van der Waals surface area contributed by atoms with Crippen LogP contribution in [0.4, 0.5) is 5.69 Å². The minimum atomic E-state index is -3.76. The number of aryl methyl sites for hydroxylation is 1. The van der Waals surface area contributed by atoms with E-state index in [1.807, 2.05) is 56.3 Å². The van der Waals surface area contributed by atoms with E-state index in [2.05, 4.69) is 0 Å². The summed E-state index contributed by atoms with van der Waals surface area (Å²) in [7, 11) is 1.69. The monoisotopic (exact) mass is 418 g/mol. The first kappa shape index (κ1) is 21.6. The number of rotatable bonds is 8. The molecule has 0 aromatic heterocycles. The van der Waals surface area contributed by atoms with Gasteiger partial charge >= 0.3 is 0 Å². The molecule has 0 saturated carbocycles.